The lowest BCUT2D eigenvalue weighted by Crippen LogP contribution is -2.30. The van der Waals surface area contributed by atoms with Crippen molar-refractivity contribution in [1.82, 2.24) is 0 Å². The average molecular weight is 1370 g/mol. The van der Waals surface area contributed by atoms with Crippen LogP contribution < -0.4 is 0 Å². The van der Waals surface area contributed by atoms with E-state index >= 15 is 0 Å². The number of carbonyl (C=O) groups excluding carboxylic acids is 4. The number of hydrogen-bond acceptors (Lipinski definition) is 15. The second-order valence-electron chi connectivity index (χ2n) is 27.2. The standard InChI is InChI=1S/C74H144O17P2/c1-6-9-12-15-18-20-22-24-26-27-28-29-30-31-33-35-37-39-44-49-54-59-73(78)90-70(64-85-72(77)58-53-48-43-38-36-34-32-25-23-21-19-16-13-10-7-2)66-89-93(82,83)87-62-68(75)61-86-92(80,81)88-65-69(63-84-71(76)57-52-47-41-17-14-11-8-3)91-74(79)60-55-50-45-40-42-46-51-56-67(4)5/h67-70,75H,6-66H2,1-5H3,(H,80,81)(H,82,83)/t68-,69+,70+/m0/s1. The number of ether oxygens (including phenoxy) is 4. The first-order valence-corrected chi connectivity index (χ1v) is 41.6. The number of unbranched alkanes of at least 4 members (excludes halogenated alkanes) is 46. The highest BCUT2D eigenvalue weighted by molar-refractivity contribution is 7.47. The largest absolute Gasteiger partial charge is 0.472 e. The van der Waals surface area contributed by atoms with E-state index in [1.165, 1.54) is 199 Å². The Morgan fingerprint density at radius 3 is 0.731 bits per heavy atom. The lowest BCUT2D eigenvalue weighted by atomic mass is 10.0. The summed E-state index contributed by atoms with van der Waals surface area (Å²) in [5.74, 6) is -1.43. The molecule has 552 valence electrons. The van der Waals surface area contributed by atoms with E-state index in [-0.39, 0.29) is 25.7 Å². The van der Waals surface area contributed by atoms with Crippen LogP contribution in [0.2, 0.25) is 0 Å². The topological polar surface area (TPSA) is 237 Å². The van der Waals surface area contributed by atoms with Gasteiger partial charge in [-0.25, -0.2) is 9.13 Å². The van der Waals surface area contributed by atoms with Crippen molar-refractivity contribution >= 4 is 39.5 Å². The van der Waals surface area contributed by atoms with E-state index in [1.807, 2.05) is 0 Å². The third-order valence-electron chi connectivity index (χ3n) is 17.3. The minimum Gasteiger partial charge on any atom is -0.462 e. The van der Waals surface area contributed by atoms with E-state index in [2.05, 4.69) is 34.6 Å². The maximum atomic E-state index is 13.1. The van der Waals surface area contributed by atoms with Crippen molar-refractivity contribution in [3.8, 4) is 0 Å². The number of rotatable bonds is 74. The molecule has 0 aromatic carbocycles. The molecule has 0 amide bonds. The van der Waals surface area contributed by atoms with Crippen LogP contribution in [-0.2, 0) is 65.4 Å². The second-order valence-corrected chi connectivity index (χ2v) is 30.1. The molecule has 0 heterocycles. The van der Waals surface area contributed by atoms with E-state index in [1.54, 1.807) is 0 Å². The summed E-state index contributed by atoms with van der Waals surface area (Å²) in [5.41, 5.74) is 0. The third kappa shape index (κ3) is 68.4. The molecule has 17 nitrogen and oxygen atoms in total. The predicted molar refractivity (Wildman–Crippen MR) is 377 cm³/mol. The van der Waals surface area contributed by atoms with Gasteiger partial charge in [-0.2, -0.15) is 0 Å². The van der Waals surface area contributed by atoms with Gasteiger partial charge in [0.25, 0.3) is 0 Å². The Morgan fingerprint density at radius 2 is 0.495 bits per heavy atom. The number of carbonyl (C=O) groups is 4. The summed E-state index contributed by atoms with van der Waals surface area (Å²) in [6, 6.07) is 0. The SMILES string of the molecule is CCCCCCCCCCCCCCCCCCCCCCCC(=O)O[C@H](COC(=O)CCCCCCCCCCCCCCCCC)COP(=O)(O)OC[C@@H](O)COP(=O)(O)OC[C@@H](COC(=O)CCCCCCCCC)OC(=O)CCCCCCCCCC(C)C. The van der Waals surface area contributed by atoms with Crippen molar-refractivity contribution in [2.45, 2.75) is 406 Å². The van der Waals surface area contributed by atoms with Gasteiger partial charge in [-0.1, -0.05) is 336 Å². The minimum atomic E-state index is -4.95. The molecule has 0 bridgehead atoms. The quantitative estimate of drug-likeness (QED) is 0.0222. The number of hydrogen-bond donors (Lipinski definition) is 3. The summed E-state index contributed by atoms with van der Waals surface area (Å²) in [7, 11) is -9.90. The fraction of sp³-hybridized carbons (Fsp3) is 0.946. The van der Waals surface area contributed by atoms with E-state index in [0.717, 1.165) is 103 Å². The normalized spacial score (nSPS) is 14.0. The van der Waals surface area contributed by atoms with Gasteiger partial charge in [0.15, 0.2) is 12.2 Å². The summed E-state index contributed by atoms with van der Waals surface area (Å²) >= 11 is 0. The van der Waals surface area contributed by atoms with Gasteiger partial charge in [0, 0.05) is 25.7 Å². The number of esters is 4. The number of phosphoric acid groups is 2. The first-order chi connectivity index (χ1) is 45.0. The van der Waals surface area contributed by atoms with Crippen molar-refractivity contribution in [2.75, 3.05) is 39.6 Å². The summed E-state index contributed by atoms with van der Waals surface area (Å²) in [6.45, 7) is 7.17. The molecule has 0 saturated carbocycles. The van der Waals surface area contributed by atoms with Crippen LogP contribution in [0, 0.1) is 5.92 Å². The van der Waals surface area contributed by atoms with Crippen LogP contribution >= 0.6 is 15.6 Å². The zero-order chi connectivity index (χ0) is 68.4. The molecule has 0 aliphatic heterocycles. The molecule has 0 aromatic rings. The Kier molecular flexibility index (Phi) is 65.9. The van der Waals surface area contributed by atoms with Gasteiger partial charge in [-0.05, 0) is 31.6 Å². The van der Waals surface area contributed by atoms with Gasteiger partial charge in [-0.3, -0.25) is 37.3 Å². The molecule has 0 rings (SSSR count). The molecular weight excluding hydrogens is 1220 g/mol. The Balaban J connectivity index is 5.15. The number of phosphoric ester groups is 2. The fourth-order valence-electron chi connectivity index (χ4n) is 11.4. The molecule has 0 aliphatic rings. The van der Waals surface area contributed by atoms with Gasteiger partial charge < -0.3 is 33.8 Å². The van der Waals surface area contributed by atoms with Gasteiger partial charge in [0.1, 0.15) is 19.3 Å². The van der Waals surface area contributed by atoms with Crippen molar-refractivity contribution in [2.24, 2.45) is 5.92 Å². The molecule has 0 aliphatic carbocycles. The van der Waals surface area contributed by atoms with Gasteiger partial charge >= 0.3 is 39.5 Å². The van der Waals surface area contributed by atoms with Crippen LogP contribution in [0.3, 0.4) is 0 Å². The molecule has 0 aromatic heterocycles. The summed E-state index contributed by atoms with van der Waals surface area (Å²) < 4.78 is 68.3. The van der Waals surface area contributed by atoms with E-state index < -0.39 is 97.5 Å². The highest BCUT2D eigenvalue weighted by Crippen LogP contribution is 2.45. The van der Waals surface area contributed by atoms with Crippen LogP contribution in [-0.4, -0.2) is 96.7 Å². The smallest absolute Gasteiger partial charge is 0.462 e. The highest BCUT2D eigenvalue weighted by Gasteiger charge is 2.30. The first kappa shape index (κ1) is 91.1. The van der Waals surface area contributed by atoms with Crippen LogP contribution in [0.1, 0.15) is 388 Å². The summed E-state index contributed by atoms with van der Waals surface area (Å²) in [4.78, 5) is 72.5. The van der Waals surface area contributed by atoms with E-state index in [9.17, 15) is 43.2 Å². The molecule has 5 atom stereocenters. The molecule has 19 heteroatoms. The van der Waals surface area contributed by atoms with Gasteiger partial charge in [0.05, 0.1) is 26.4 Å². The minimum absolute atomic E-state index is 0.103. The molecule has 2 unspecified atom stereocenters. The summed E-state index contributed by atoms with van der Waals surface area (Å²) in [5, 5.41) is 10.6. The number of aliphatic hydroxyl groups excluding tert-OH is 1. The fourth-order valence-corrected chi connectivity index (χ4v) is 12.9. The monoisotopic (exact) mass is 1370 g/mol. The van der Waals surface area contributed by atoms with Crippen molar-refractivity contribution in [3.63, 3.8) is 0 Å². The van der Waals surface area contributed by atoms with E-state index in [4.69, 9.17) is 37.0 Å². The Labute approximate surface area is 568 Å². The highest BCUT2D eigenvalue weighted by atomic mass is 31.2. The molecule has 0 fully saturated rings. The molecule has 0 spiro atoms. The van der Waals surface area contributed by atoms with Crippen molar-refractivity contribution < 1.29 is 80.2 Å². The molecule has 0 saturated heterocycles. The van der Waals surface area contributed by atoms with Gasteiger partial charge in [-0.15, -0.1) is 0 Å². The van der Waals surface area contributed by atoms with Crippen LogP contribution in [0.15, 0.2) is 0 Å². The Bertz CT molecular complexity index is 1790. The Morgan fingerprint density at radius 1 is 0.290 bits per heavy atom. The molecule has 3 N–H and O–H groups in total. The molecule has 0 radical (unpaired) electrons. The average Bonchev–Trinajstić information content (AvgIpc) is 2.17. The lowest BCUT2D eigenvalue weighted by molar-refractivity contribution is -0.161. The predicted octanol–water partition coefficient (Wildman–Crippen LogP) is 21.7. The van der Waals surface area contributed by atoms with E-state index in [0.29, 0.717) is 31.6 Å². The number of aliphatic hydroxyl groups is 1. The first-order valence-electron chi connectivity index (χ1n) is 38.6. The zero-order valence-corrected chi connectivity index (χ0v) is 62.2. The van der Waals surface area contributed by atoms with Crippen LogP contribution in [0.4, 0.5) is 0 Å². The van der Waals surface area contributed by atoms with Crippen LogP contribution in [0.25, 0.3) is 0 Å². The summed E-state index contributed by atoms with van der Waals surface area (Å²) in [6.07, 6.45) is 55.9. The molecular formula is C74H144O17P2. The zero-order valence-electron chi connectivity index (χ0n) is 60.4. The van der Waals surface area contributed by atoms with Crippen LogP contribution in [0.5, 0.6) is 0 Å². The van der Waals surface area contributed by atoms with Crippen molar-refractivity contribution in [1.29, 1.82) is 0 Å². The van der Waals surface area contributed by atoms with Gasteiger partial charge in [0.2, 0.25) is 0 Å². The maximum absolute atomic E-state index is 13.1. The molecule has 93 heavy (non-hydrogen) atoms. The van der Waals surface area contributed by atoms with Crippen molar-refractivity contribution in [3.05, 3.63) is 0 Å². The maximum Gasteiger partial charge on any atom is 0.472 e. The lowest BCUT2D eigenvalue weighted by Gasteiger charge is -2.21. The third-order valence-corrected chi connectivity index (χ3v) is 19.2. The second kappa shape index (κ2) is 67.3. The Hall–Kier alpha value is -1.94.